The van der Waals surface area contributed by atoms with E-state index in [0.29, 0.717) is 30.1 Å². The van der Waals surface area contributed by atoms with Gasteiger partial charge in [-0.2, -0.15) is 0 Å². The van der Waals surface area contributed by atoms with E-state index in [1.807, 2.05) is 42.2 Å². The highest BCUT2D eigenvalue weighted by molar-refractivity contribution is 5.97. The first-order chi connectivity index (χ1) is 13.9. The number of hydrogen-bond acceptors (Lipinski definition) is 3. The predicted molar refractivity (Wildman–Crippen MR) is 119 cm³/mol. The van der Waals surface area contributed by atoms with Gasteiger partial charge in [0.25, 0.3) is 5.91 Å². The van der Waals surface area contributed by atoms with E-state index in [9.17, 15) is 9.18 Å². The number of nitrogens with one attached hydrogen (secondary N) is 1. The Morgan fingerprint density at radius 2 is 2.00 bits per heavy atom. The number of halogens is 2. The fourth-order valence-electron chi connectivity index (χ4n) is 4.14. The molecule has 1 saturated heterocycles. The Balaban J connectivity index is 0.00000256. The second-order valence-electron chi connectivity index (χ2n) is 8.19. The Morgan fingerprint density at radius 1 is 1.23 bits per heavy atom. The van der Waals surface area contributed by atoms with E-state index in [-0.39, 0.29) is 30.2 Å². The molecule has 7 heteroatoms. The van der Waals surface area contributed by atoms with Crippen molar-refractivity contribution in [2.75, 3.05) is 19.6 Å². The zero-order valence-electron chi connectivity index (χ0n) is 17.6. The lowest BCUT2D eigenvalue weighted by Crippen LogP contribution is -2.56. The molecule has 1 atom stereocenters. The van der Waals surface area contributed by atoms with Gasteiger partial charge in [0.15, 0.2) is 0 Å². The van der Waals surface area contributed by atoms with Gasteiger partial charge in [0.1, 0.15) is 11.6 Å². The molecule has 1 aliphatic rings. The van der Waals surface area contributed by atoms with Gasteiger partial charge in [-0.05, 0) is 37.1 Å². The molecule has 1 N–H and O–H groups in total. The number of amides is 1. The minimum atomic E-state index is -0.171. The van der Waals surface area contributed by atoms with Crippen LogP contribution in [-0.2, 0) is 6.54 Å². The molecule has 4 rings (SSSR count). The molecule has 30 heavy (non-hydrogen) atoms. The molecule has 3 aromatic rings. The number of carbonyl (C=O) groups excluding carboxylic acids is 1. The van der Waals surface area contributed by atoms with Crippen LogP contribution in [0.25, 0.3) is 11.0 Å². The number of benzene rings is 2. The Hall–Kier alpha value is -2.44. The molecule has 1 amide bonds. The van der Waals surface area contributed by atoms with Gasteiger partial charge in [-0.15, -0.1) is 12.4 Å². The second kappa shape index (κ2) is 9.14. The maximum Gasteiger partial charge on any atom is 0.254 e. The van der Waals surface area contributed by atoms with Crippen molar-refractivity contribution in [1.29, 1.82) is 0 Å². The molecular weight excluding hydrogens is 403 g/mol. The zero-order valence-corrected chi connectivity index (χ0v) is 18.4. The number of H-pyrrole nitrogens is 1. The van der Waals surface area contributed by atoms with Crippen LogP contribution in [0.4, 0.5) is 4.39 Å². The first-order valence-electron chi connectivity index (χ1n) is 10.2. The highest BCUT2D eigenvalue weighted by atomic mass is 35.5. The molecule has 0 aliphatic carbocycles. The highest BCUT2D eigenvalue weighted by Gasteiger charge is 2.33. The lowest BCUT2D eigenvalue weighted by atomic mass is 9.98. The fraction of sp³-hybridized carbons (Fsp3) is 0.391. The summed E-state index contributed by atoms with van der Waals surface area (Å²) in [7, 11) is 0. The number of imidazole rings is 1. The van der Waals surface area contributed by atoms with E-state index in [2.05, 4.69) is 28.7 Å². The Bertz CT molecular complexity index is 1030. The summed E-state index contributed by atoms with van der Waals surface area (Å²) in [6, 6.07) is 12.6. The maximum absolute atomic E-state index is 14.1. The third kappa shape index (κ3) is 4.50. The van der Waals surface area contributed by atoms with E-state index in [1.165, 1.54) is 6.07 Å². The van der Waals surface area contributed by atoms with Gasteiger partial charge in [-0.1, -0.05) is 32.0 Å². The molecule has 1 aliphatic heterocycles. The maximum atomic E-state index is 14.1. The predicted octanol–water partition coefficient (Wildman–Crippen LogP) is 4.41. The van der Waals surface area contributed by atoms with Crippen molar-refractivity contribution >= 4 is 29.3 Å². The molecule has 160 valence electrons. The van der Waals surface area contributed by atoms with Crippen LogP contribution in [0.15, 0.2) is 42.5 Å². The molecule has 1 fully saturated rings. The van der Waals surface area contributed by atoms with E-state index < -0.39 is 0 Å². The fourth-order valence-corrected chi connectivity index (χ4v) is 4.14. The summed E-state index contributed by atoms with van der Waals surface area (Å²) < 4.78 is 14.1. The molecule has 0 radical (unpaired) electrons. The second-order valence-corrected chi connectivity index (χ2v) is 8.19. The molecule has 0 saturated carbocycles. The van der Waals surface area contributed by atoms with Gasteiger partial charge in [-0.3, -0.25) is 9.69 Å². The molecule has 0 unspecified atom stereocenters. The number of piperazine rings is 1. The van der Waals surface area contributed by atoms with Crippen LogP contribution in [0.5, 0.6) is 0 Å². The van der Waals surface area contributed by atoms with Gasteiger partial charge in [0.05, 0.1) is 11.0 Å². The lowest BCUT2D eigenvalue weighted by molar-refractivity contribution is 0.0326. The summed E-state index contributed by atoms with van der Waals surface area (Å²) in [5.74, 6) is 1.02. The van der Waals surface area contributed by atoms with Crippen molar-refractivity contribution in [3.63, 3.8) is 0 Å². The normalized spacial score (nSPS) is 17.4. The van der Waals surface area contributed by atoms with Crippen molar-refractivity contribution in [3.05, 3.63) is 65.2 Å². The zero-order chi connectivity index (χ0) is 20.5. The van der Waals surface area contributed by atoms with E-state index >= 15 is 0 Å². The molecule has 1 aromatic heterocycles. The van der Waals surface area contributed by atoms with Gasteiger partial charge in [0.2, 0.25) is 0 Å². The summed E-state index contributed by atoms with van der Waals surface area (Å²) >= 11 is 0. The third-order valence-corrected chi connectivity index (χ3v) is 5.73. The Morgan fingerprint density at radius 3 is 2.73 bits per heavy atom. The van der Waals surface area contributed by atoms with Crippen LogP contribution in [0.2, 0.25) is 0 Å². The van der Waals surface area contributed by atoms with Crippen LogP contribution in [0.3, 0.4) is 0 Å². The van der Waals surface area contributed by atoms with E-state index in [4.69, 9.17) is 0 Å². The van der Waals surface area contributed by atoms with Crippen molar-refractivity contribution in [3.8, 4) is 0 Å². The van der Waals surface area contributed by atoms with Crippen LogP contribution >= 0.6 is 12.4 Å². The summed E-state index contributed by atoms with van der Waals surface area (Å²) in [5.41, 5.74) is 3.13. The van der Waals surface area contributed by atoms with E-state index in [1.54, 1.807) is 6.07 Å². The summed E-state index contributed by atoms with van der Waals surface area (Å²) in [5, 5.41) is 0. The first-order valence-corrected chi connectivity index (χ1v) is 10.2. The van der Waals surface area contributed by atoms with Crippen molar-refractivity contribution in [2.45, 2.75) is 33.4 Å². The topological polar surface area (TPSA) is 52.2 Å². The number of nitrogens with zero attached hydrogens (tertiary/aromatic N) is 3. The molecular formula is C23H28ClFN4O. The molecule has 5 nitrogen and oxygen atoms in total. The molecule has 0 bridgehead atoms. The van der Waals surface area contributed by atoms with E-state index in [0.717, 1.165) is 29.9 Å². The quantitative estimate of drug-likeness (QED) is 0.666. The van der Waals surface area contributed by atoms with Crippen LogP contribution in [0, 0.1) is 18.7 Å². The molecule has 0 spiro atoms. The van der Waals surface area contributed by atoms with Crippen LogP contribution in [0.1, 0.15) is 35.6 Å². The smallest absolute Gasteiger partial charge is 0.254 e. The van der Waals surface area contributed by atoms with Gasteiger partial charge in [0, 0.05) is 43.3 Å². The largest absolute Gasteiger partial charge is 0.342 e. The standard InChI is InChI=1S/C23H27FN4O.ClH/c1-15(2)22-14-27(13-18-6-4-5-7-19(18)24)10-11-28(22)23(29)17-8-9-20-21(12-17)26-16(3)25-20;/h4-9,12,15,22H,10-11,13-14H2,1-3H3,(H,25,26);1H/t22-;/m1./s1. The van der Waals surface area contributed by atoms with Gasteiger partial charge >= 0.3 is 0 Å². The number of fused-ring (bicyclic) bond motifs is 1. The van der Waals surface area contributed by atoms with Crippen molar-refractivity contribution < 1.29 is 9.18 Å². The monoisotopic (exact) mass is 430 g/mol. The number of carbonyl (C=O) groups is 1. The Kier molecular flexibility index (Phi) is 6.78. The Labute approximate surface area is 182 Å². The van der Waals surface area contributed by atoms with Crippen LogP contribution in [-0.4, -0.2) is 51.4 Å². The average molecular weight is 431 g/mol. The number of hydrogen-bond donors (Lipinski definition) is 1. The molecule has 2 heterocycles. The number of aromatic nitrogens is 2. The molecule has 2 aromatic carbocycles. The van der Waals surface area contributed by atoms with Crippen LogP contribution < -0.4 is 0 Å². The SMILES string of the molecule is Cc1nc2ccc(C(=O)N3CCN(Cc4ccccc4F)C[C@@H]3C(C)C)cc2[nH]1.Cl. The summed E-state index contributed by atoms with van der Waals surface area (Å²) in [4.78, 5) is 25.1. The summed E-state index contributed by atoms with van der Waals surface area (Å²) in [6.45, 7) is 8.86. The minimum Gasteiger partial charge on any atom is -0.342 e. The van der Waals surface area contributed by atoms with Gasteiger partial charge < -0.3 is 9.88 Å². The lowest BCUT2D eigenvalue weighted by Gasteiger charge is -2.43. The third-order valence-electron chi connectivity index (χ3n) is 5.73. The summed E-state index contributed by atoms with van der Waals surface area (Å²) in [6.07, 6.45) is 0. The number of aryl methyl sites for hydroxylation is 1. The van der Waals surface area contributed by atoms with Crippen molar-refractivity contribution in [2.24, 2.45) is 5.92 Å². The number of aromatic amines is 1. The number of rotatable bonds is 4. The highest BCUT2D eigenvalue weighted by Crippen LogP contribution is 2.23. The van der Waals surface area contributed by atoms with Gasteiger partial charge in [-0.25, -0.2) is 9.37 Å². The minimum absolute atomic E-state index is 0. The van der Waals surface area contributed by atoms with Crippen molar-refractivity contribution in [1.82, 2.24) is 19.8 Å². The average Bonchev–Trinajstić information content (AvgIpc) is 3.08. The first kappa shape index (κ1) is 22.2.